The molecule has 0 aliphatic rings. The summed E-state index contributed by atoms with van der Waals surface area (Å²) >= 11 is 0. The number of aliphatic hydroxyl groups excluding tert-OH is 1. The summed E-state index contributed by atoms with van der Waals surface area (Å²) < 4.78 is 0. The van der Waals surface area contributed by atoms with E-state index in [1.54, 1.807) is 0 Å². The lowest BCUT2D eigenvalue weighted by Gasteiger charge is -2.12. The first-order valence-corrected chi connectivity index (χ1v) is 4.59. The van der Waals surface area contributed by atoms with Gasteiger partial charge in [-0.15, -0.1) is 0 Å². The monoisotopic (exact) mass is 233 g/mol. The van der Waals surface area contributed by atoms with Crippen LogP contribution in [0.5, 0.6) is 0 Å². The largest absolute Gasteiger partial charge is 0.480 e. The second-order valence-electron chi connectivity index (χ2n) is 2.96. The molecule has 0 spiro atoms. The molecule has 0 aromatic heterocycles. The van der Waals surface area contributed by atoms with Gasteiger partial charge in [0.15, 0.2) is 6.04 Å². The molecule has 0 aliphatic carbocycles. The van der Waals surface area contributed by atoms with Crippen LogP contribution in [0.15, 0.2) is 0 Å². The van der Waals surface area contributed by atoms with Crippen molar-refractivity contribution < 1.29 is 24.6 Å². The number of amides is 3. The Kier molecular flexibility index (Phi) is 6.61. The molecular weight excluding hydrogens is 218 g/mol. The molecule has 0 saturated heterocycles. The molecule has 0 aliphatic heterocycles. The number of carboxylic acid groups (broad SMARTS) is 1. The van der Waals surface area contributed by atoms with Gasteiger partial charge in [-0.2, -0.15) is 0 Å². The van der Waals surface area contributed by atoms with Crippen LogP contribution < -0.4 is 16.0 Å². The van der Waals surface area contributed by atoms with Crippen LogP contribution in [0.3, 0.4) is 0 Å². The minimum atomic E-state index is -1.33. The molecule has 92 valence electrons. The number of carboxylic acids is 1. The molecule has 0 rings (SSSR count). The van der Waals surface area contributed by atoms with E-state index in [2.05, 4.69) is 10.6 Å². The Morgan fingerprint density at radius 2 is 1.75 bits per heavy atom. The topological polar surface area (TPSA) is 128 Å². The highest BCUT2D eigenvalue weighted by molar-refractivity contribution is 5.82. The fourth-order valence-corrected chi connectivity index (χ4v) is 0.809. The predicted octanol–water partition coefficient (Wildman–Crippen LogP) is -2.13. The molecule has 0 heterocycles. The maximum Gasteiger partial charge on any atom is 0.328 e. The van der Waals surface area contributed by atoms with Crippen LogP contribution in [-0.2, 0) is 9.59 Å². The number of nitrogens with one attached hydrogen (secondary N) is 3. The molecule has 0 bridgehead atoms. The molecule has 8 nitrogen and oxygen atoms in total. The molecule has 0 fully saturated rings. The fraction of sp³-hybridized carbons (Fsp3) is 0.625. The average Bonchev–Trinajstić information content (AvgIpc) is 2.20. The van der Waals surface area contributed by atoms with Crippen molar-refractivity contribution in [2.45, 2.75) is 13.0 Å². The maximum atomic E-state index is 11.1. The highest BCUT2D eigenvalue weighted by Gasteiger charge is 2.17. The molecule has 1 atom stereocenters. The van der Waals surface area contributed by atoms with E-state index in [4.69, 9.17) is 10.2 Å². The van der Waals surface area contributed by atoms with Crippen LogP contribution >= 0.6 is 0 Å². The molecule has 0 aromatic carbocycles. The molecule has 0 radical (unpaired) electrons. The number of aliphatic hydroxyl groups is 1. The zero-order valence-electron chi connectivity index (χ0n) is 8.82. The van der Waals surface area contributed by atoms with Gasteiger partial charge in [0.25, 0.3) is 0 Å². The van der Waals surface area contributed by atoms with Crippen LogP contribution in [0.4, 0.5) is 4.79 Å². The maximum absolute atomic E-state index is 11.1. The number of rotatable bonds is 6. The van der Waals surface area contributed by atoms with E-state index in [0.29, 0.717) is 0 Å². The third-order valence-corrected chi connectivity index (χ3v) is 1.57. The highest BCUT2D eigenvalue weighted by atomic mass is 16.4. The Balaban J connectivity index is 3.73. The lowest BCUT2D eigenvalue weighted by Crippen LogP contribution is -2.49. The van der Waals surface area contributed by atoms with Gasteiger partial charge in [-0.25, -0.2) is 9.59 Å². The number of hydrogen-bond donors (Lipinski definition) is 5. The fourth-order valence-electron chi connectivity index (χ4n) is 0.809. The van der Waals surface area contributed by atoms with Crippen LogP contribution in [0.1, 0.15) is 6.92 Å². The molecule has 5 N–H and O–H groups in total. The number of hydrogen-bond acceptors (Lipinski definition) is 4. The van der Waals surface area contributed by atoms with Crippen molar-refractivity contribution in [1.29, 1.82) is 0 Å². The van der Waals surface area contributed by atoms with Crippen LogP contribution in [0.2, 0.25) is 0 Å². The lowest BCUT2D eigenvalue weighted by atomic mass is 10.3. The molecule has 8 heteroatoms. The van der Waals surface area contributed by atoms with E-state index in [1.807, 2.05) is 5.32 Å². The van der Waals surface area contributed by atoms with Gasteiger partial charge >= 0.3 is 12.0 Å². The third kappa shape index (κ3) is 6.60. The van der Waals surface area contributed by atoms with Gasteiger partial charge in [-0.1, -0.05) is 0 Å². The third-order valence-electron chi connectivity index (χ3n) is 1.57. The Labute approximate surface area is 92.0 Å². The summed E-state index contributed by atoms with van der Waals surface area (Å²) in [5.74, 6) is -1.54. The van der Waals surface area contributed by atoms with Gasteiger partial charge in [-0.3, -0.25) is 4.79 Å². The zero-order valence-corrected chi connectivity index (χ0v) is 8.82. The van der Waals surface area contributed by atoms with Gasteiger partial charge < -0.3 is 26.2 Å². The van der Waals surface area contributed by atoms with Gasteiger partial charge in [0.1, 0.15) is 0 Å². The van der Waals surface area contributed by atoms with Crippen molar-refractivity contribution in [3.63, 3.8) is 0 Å². The van der Waals surface area contributed by atoms with Crippen molar-refractivity contribution in [3.05, 3.63) is 0 Å². The minimum absolute atomic E-state index is 0.170. The molecule has 3 amide bonds. The normalized spacial score (nSPS) is 11.4. The standard InChI is InChI=1S/C8H15N3O5/c1-5(13)9-2-3-10-8(16)11-6(4-12)7(14)15/h6,12H,2-4H2,1H3,(H,9,13)(H,14,15)(H2,10,11,16). The highest BCUT2D eigenvalue weighted by Crippen LogP contribution is 1.81. The van der Waals surface area contributed by atoms with Crippen molar-refractivity contribution in [2.24, 2.45) is 0 Å². The number of aliphatic carboxylic acids is 1. The Bertz CT molecular complexity index is 268. The molecule has 0 aromatic rings. The number of urea groups is 1. The second-order valence-corrected chi connectivity index (χ2v) is 2.96. The molecule has 1 unspecified atom stereocenters. The van der Waals surface area contributed by atoms with Crippen molar-refractivity contribution in [1.82, 2.24) is 16.0 Å². The summed E-state index contributed by atoms with van der Waals surface area (Å²) in [6, 6.07) is -2.05. The SMILES string of the molecule is CC(=O)NCCNC(=O)NC(CO)C(=O)O. The van der Waals surface area contributed by atoms with Gasteiger partial charge in [-0.05, 0) is 0 Å². The van der Waals surface area contributed by atoms with Crippen LogP contribution in [0, 0.1) is 0 Å². The first-order valence-electron chi connectivity index (χ1n) is 4.59. The average molecular weight is 233 g/mol. The first-order chi connectivity index (χ1) is 7.47. The number of carbonyl (C=O) groups excluding carboxylic acids is 2. The van der Waals surface area contributed by atoms with E-state index in [9.17, 15) is 14.4 Å². The van der Waals surface area contributed by atoms with Gasteiger partial charge in [0.05, 0.1) is 6.61 Å². The van der Waals surface area contributed by atoms with Crippen molar-refractivity contribution >= 4 is 17.9 Å². The summed E-state index contributed by atoms with van der Waals surface area (Å²) in [5, 5.41) is 23.9. The molecule has 0 saturated carbocycles. The Morgan fingerprint density at radius 3 is 2.19 bits per heavy atom. The summed E-state index contributed by atoms with van der Waals surface area (Å²) in [7, 11) is 0. The van der Waals surface area contributed by atoms with E-state index >= 15 is 0 Å². The van der Waals surface area contributed by atoms with E-state index in [1.165, 1.54) is 6.92 Å². The predicted molar refractivity (Wildman–Crippen MR) is 53.7 cm³/mol. The smallest absolute Gasteiger partial charge is 0.328 e. The summed E-state index contributed by atoms with van der Waals surface area (Å²) in [6.07, 6.45) is 0. The second kappa shape index (κ2) is 7.46. The molecule has 16 heavy (non-hydrogen) atoms. The Hall–Kier alpha value is -1.83. The Morgan fingerprint density at radius 1 is 1.19 bits per heavy atom. The molecular formula is C8H15N3O5. The van der Waals surface area contributed by atoms with Crippen LogP contribution in [-0.4, -0.2) is 53.9 Å². The van der Waals surface area contributed by atoms with Crippen molar-refractivity contribution in [3.8, 4) is 0 Å². The quantitative estimate of drug-likeness (QED) is 0.335. The van der Waals surface area contributed by atoms with E-state index < -0.39 is 24.6 Å². The summed E-state index contributed by atoms with van der Waals surface area (Å²) in [4.78, 5) is 31.9. The van der Waals surface area contributed by atoms with E-state index in [0.717, 1.165) is 0 Å². The minimum Gasteiger partial charge on any atom is -0.480 e. The zero-order chi connectivity index (χ0) is 12.6. The van der Waals surface area contributed by atoms with Gasteiger partial charge in [0, 0.05) is 20.0 Å². The summed E-state index contributed by atoms with van der Waals surface area (Å²) in [6.45, 7) is 1.07. The van der Waals surface area contributed by atoms with Gasteiger partial charge in [0.2, 0.25) is 5.91 Å². The summed E-state index contributed by atoms with van der Waals surface area (Å²) in [5.41, 5.74) is 0. The lowest BCUT2D eigenvalue weighted by molar-refractivity contribution is -0.140. The first kappa shape index (κ1) is 14.2. The van der Waals surface area contributed by atoms with E-state index in [-0.39, 0.29) is 19.0 Å². The number of carbonyl (C=O) groups is 3. The van der Waals surface area contributed by atoms with Crippen molar-refractivity contribution in [2.75, 3.05) is 19.7 Å². The van der Waals surface area contributed by atoms with Crippen LogP contribution in [0.25, 0.3) is 0 Å².